The average molecular weight is 401 g/mol. The van der Waals surface area contributed by atoms with E-state index in [4.69, 9.17) is 9.84 Å². The molecule has 4 aromatic rings. The van der Waals surface area contributed by atoms with Crippen molar-refractivity contribution >= 4 is 10.9 Å². The van der Waals surface area contributed by atoms with Crippen LogP contribution in [0.2, 0.25) is 0 Å². The van der Waals surface area contributed by atoms with Crippen LogP contribution in [0, 0.1) is 0 Å². The van der Waals surface area contributed by atoms with Crippen LogP contribution >= 0.6 is 0 Å². The average Bonchev–Trinajstić information content (AvgIpc) is 3.43. The maximum atomic E-state index is 5.96. The van der Waals surface area contributed by atoms with Crippen molar-refractivity contribution in [3.8, 4) is 22.4 Å². The zero-order chi connectivity index (χ0) is 20.7. The van der Waals surface area contributed by atoms with E-state index in [2.05, 4.69) is 73.6 Å². The van der Waals surface area contributed by atoms with Crippen molar-refractivity contribution in [2.75, 3.05) is 6.61 Å². The van der Waals surface area contributed by atoms with Gasteiger partial charge >= 0.3 is 0 Å². The maximum Gasteiger partial charge on any atom is 0.150 e. The zero-order valence-corrected chi connectivity index (χ0v) is 17.9. The molecular formula is C25H28N4O. The van der Waals surface area contributed by atoms with Gasteiger partial charge in [0.2, 0.25) is 0 Å². The van der Waals surface area contributed by atoms with Gasteiger partial charge in [-0.05, 0) is 53.5 Å². The number of aromatic amines is 1. The fourth-order valence-electron chi connectivity index (χ4n) is 4.26. The Morgan fingerprint density at radius 1 is 1.03 bits per heavy atom. The lowest BCUT2D eigenvalue weighted by atomic mass is 9.85. The van der Waals surface area contributed by atoms with E-state index in [0.29, 0.717) is 0 Å². The SMILES string of the molecule is CC(C)(C)c1ccc(-c2ccc3nn(C4CCCCO4)cc3c2-c2cc[nH]n2)cc1. The molecule has 0 aliphatic carbocycles. The second kappa shape index (κ2) is 7.40. The van der Waals surface area contributed by atoms with Crippen LogP contribution in [0.15, 0.2) is 54.9 Å². The summed E-state index contributed by atoms with van der Waals surface area (Å²) in [6.45, 7) is 7.53. The summed E-state index contributed by atoms with van der Waals surface area (Å²) in [7, 11) is 0. The molecule has 1 saturated heterocycles. The Bertz CT molecular complexity index is 1140. The Morgan fingerprint density at radius 2 is 1.87 bits per heavy atom. The third-order valence-corrected chi connectivity index (χ3v) is 5.98. The molecule has 0 bridgehead atoms. The van der Waals surface area contributed by atoms with E-state index < -0.39 is 0 Å². The number of H-pyrrole nitrogens is 1. The summed E-state index contributed by atoms with van der Waals surface area (Å²) >= 11 is 0. The number of rotatable bonds is 3. The summed E-state index contributed by atoms with van der Waals surface area (Å²) in [6, 6.07) is 15.2. The molecule has 3 heterocycles. The van der Waals surface area contributed by atoms with E-state index in [-0.39, 0.29) is 11.6 Å². The topological polar surface area (TPSA) is 55.7 Å². The quantitative estimate of drug-likeness (QED) is 0.453. The van der Waals surface area contributed by atoms with Crippen LogP contribution in [0.5, 0.6) is 0 Å². The molecule has 1 aliphatic rings. The van der Waals surface area contributed by atoms with Crippen LogP contribution < -0.4 is 0 Å². The number of nitrogens with one attached hydrogen (secondary N) is 1. The van der Waals surface area contributed by atoms with Crippen LogP contribution in [-0.4, -0.2) is 26.6 Å². The fraction of sp³-hybridized carbons (Fsp3) is 0.360. The molecule has 5 nitrogen and oxygen atoms in total. The van der Waals surface area contributed by atoms with Gasteiger partial charge in [-0.15, -0.1) is 0 Å². The van der Waals surface area contributed by atoms with Crippen molar-refractivity contribution in [1.29, 1.82) is 0 Å². The third kappa shape index (κ3) is 3.43. The highest BCUT2D eigenvalue weighted by atomic mass is 16.5. The highest BCUT2D eigenvalue weighted by Gasteiger charge is 2.21. The highest BCUT2D eigenvalue weighted by molar-refractivity contribution is 6.01. The number of ether oxygens (including phenoxy) is 1. The number of aromatic nitrogens is 4. The molecule has 1 N–H and O–H groups in total. The first kappa shape index (κ1) is 19.1. The smallest absolute Gasteiger partial charge is 0.150 e. The predicted molar refractivity (Wildman–Crippen MR) is 120 cm³/mol. The van der Waals surface area contributed by atoms with Gasteiger partial charge in [0.05, 0.1) is 11.2 Å². The largest absolute Gasteiger partial charge is 0.357 e. The maximum absolute atomic E-state index is 5.96. The summed E-state index contributed by atoms with van der Waals surface area (Å²) in [4.78, 5) is 0. The third-order valence-electron chi connectivity index (χ3n) is 5.98. The first-order valence-electron chi connectivity index (χ1n) is 10.8. The van der Waals surface area contributed by atoms with Gasteiger partial charge in [0.25, 0.3) is 0 Å². The summed E-state index contributed by atoms with van der Waals surface area (Å²) < 4.78 is 7.96. The van der Waals surface area contributed by atoms with E-state index >= 15 is 0 Å². The number of hydrogen-bond donors (Lipinski definition) is 1. The van der Waals surface area contributed by atoms with E-state index in [9.17, 15) is 0 Å². The molecule has 5 rings (SSSR count). The van der Waals surface area contributed by atoms with E-state index in [1.807, 2.05) is 16.9 Å². The van der Waals surface area contributed by atoms with Gasteiger partial charge in [-0.1, -0.05) is 51.1 Å². The zero-order valence-electron chi connectivity index (χ0n) is 17.9. The number of hydrogen-bond acceptors (Lipinski definition) is 3. The number of benzene rings is 2. The first-order valence-corrected chi connectivity index (χ1v) is 10.8. The Balaban J connectivity index is 1.65. The van der Waals surface area contributed by atoms with Crippen LogP contribution in [0.1, 0.15) is 51.8 Å². The molecule has 154 valence electrons. The van der Waals surface area contributed by atoms with Crippen LogP contribution in [-0.2, 0) is 10.2 Å². The summed E-state index contributed by atoms with van der Waals surface area (Å²) in [5.74, 6) is 0. The van der Waals surface area contributed by atoms with Gasteiger partial charge in [0.15, 0.2) is 0 Å². The molecule has 1 fully saturated rings. The molecule has 30 heavy (non-hydrogen) atoms. The van der Waals surface area contributed by atoms with Crippen LogP contribution in [0.3, 0.4) is 0 Å². The first-order chi connectivity index (χ1) is 14.5. The van der Waals surface area contributed by atoms with Crippen molar-refractivity contribution in [2.24, 2.45) is 0 Å². The van der Waals surface area contributed by atoms with Crippen LogP contribution in [0.4, 0.5) is 0 Å². The molecule has 2 aromatic carbocycles. The normalized spacial score (nSPS) is 17.5. The van der Waals surface area contributed by atoms with Gasteiger partial charge in [0, 0.05) is 30.0 Å². The second-order valence-electron chi connectivity index (χ2n) is 9.14. The van der Waals surface area contributed by atoms with E-state index in [1.54, 1.807) is 0 Å². The highest BCUT2D eigenvalue weighted by Crippen LogP contribution is 2.38. The Labute approximate surface area is 177 Å². The number of fused-ring (bicyclic) bond motifs is 1. The Kier molecular flexibility index (Phi) is 4.70. The molecule has 0 saturated carbocycles. The van der Waals surface area contributed by atoms with Crippen molar-refractivity contribution in [1.82, 2.24) is 20.0 Å². The molecule has 1 atom stereocenters. The van der Waals surface area contributed by atoms with Crippen molar-refractivity contribution in [3.05, 3.63) is 60.4 Å². The lowest BCUT2D eigenvalue weighted by Gasteiger charge is -2.22. The Hall–Kier alpha value is -2.92. The minimum absolute atomic E-state index is 0.0210. The summed E-state index contributed by atoms with van der Waals surface area (Å²) in [5.41, 5.74) is 6.82. The van der Waals surface area contributed by atoms with Gasteiger partial charge in [-0.25, -0.2) is 4.68 Å². The van der Waals surface area contributed by atoms with Crippen molar-refractivity contribution < 1.29 is 4.74 Å². The van der Waals surface area contributed by atoms with Gasteiger partial charge in [0.1, 0.15) is 6.23 Å². The van der Waals surface area contributed by atoms with Gasteiger partial charge in [-0.2, -0.15) is 10.2 Å². The molecular weight excluding hydrogens is 372 g/mol. The molecule has 5 heteroatoms. The van der Waals surface area contributed by atoms with Crippen LogP contribution in [0.25, 0.3) is 33.3 Å². The molecule has 2 aromatic heterocycles. The molecule has 0 radical (unpaired) electrons. The van der Waals surface area contributed by atoms with E-state index in [1.165, 1.54) is 23.1 Å². The minimum Gasteiger partial charge on any atom is -0.357 e. The summed E-state index contributed by atoms with van der Waals surface area (Å²) in [6.07, 6.45) is 7.33. The molecule has 1 aliphatic heterocycles. The minimum atomic E-state index is 0.0210. The van der Waals surface area contributed by atoms with E-state index in [0.717, 1.165) is 41.6 Å². The molecule has 0 spiro atoms. The second-order valence-corrected chi connectivity index (χ2v) is 9.14. The Morgan fingerprint density at radius 3 is 2.53 bits per heavy atom. The van der Waals surface area contributed by atoms with Crippen molar-refractivity contribution in [2.45, 2.75) is 51.7 Å². The molecule has 1 unspecified atom stereocenters. The number of nitrogens with zero attached hydrogens (tertiary/aromatic N) is 3. The summed E-state index contributed by atoms with van der Waals surface area (Å²) in [5, 5.41) is 13.4. The predicted octanol–water partition coefficient (Wildman–Crippen LogP) is 6.09. The molecule has 0 amide bonds. The lowest BCUT2D eigenvalue weighted by Crippen LogP contribution is -2.18. The fourth-order valence-corrected chi connectivity index (χ4v) is 4.26. The monoisotopic (exact) mass is 400 g/mol. The van der Waals surface area contributed by atoms with Crippen molar-refractivity contribution in [3.63, 3.8) is 0 Å². The van der Waals surface area contributed by atoms with Gasteiger partial charge < -0.3 is 4.74 Å². The van der Waals surface area contributed by atoms with Gasteiger partial charge in [-0.3, -0.25) is 5.10 Å². The standard InChI is InChI=1S/C25H28N4O/c1-25(2,3)18-9-7-17(8-10-18)19-11-12-21-20(24(19)22-13-14-26-27-22)16-29(28-21)23-6-4-5-15-30-23/h7-14,16,23H,4-6,15H2,1-3H3,(H,26,27). The lowest BCUT2D eigenvalue weighted by molar-refractivity contribution is -0.0390.